The molecule has 2 aromatic heterocycles. The Morgan fingerprint density at radius 3 is 3.11 bits per heavy atom. The van der Waals surface area contributed by atoms with E-state index in [0.29, 0.717) is 0 Å². The van der Waals surface area contributed by atoms with Crippen LogP contribution in [0.2, 0.25) is 0 Å². The van der Waals surface area contributed by atoms with Crippen LogP contribution in [0.1, 0.15) is 30.3 Å². The van der Waals surface area contributed by atoms with E-state index in [1.54, 1.807) is 6.20 Å². The van der Waals surface area contributed by atoms with Crippen molar-refractivity contribution in [2.24, 2.45) is 5.73 Å². The van der Waals surface area contributed by atoms with Gasteiger partial charge in [0.1, 0.15) is 11.5 Å². The molecular weight excluding hydrogens is 228 g/mol. The summed E-state index contributed by atoms with van der Waals surface area (Å²) >= 11 is 0. The van der Waals surface area contributed by atoms with E-state index in [1.165, 1.54) is 0 Å². The quantitative estimate of drug-likeness (QED) is 0.828. The molecule has 0 radical (unpaired) electrons. The van der Waals surface area contributed by atoms with Crippen LogP contribution in [0.4, 0.5) is 0 Å². The number of furan rings is 1. The lowest BCUT2D eigenvalue weighted by Gasteiger charge is -2.34. The highest BCUT2D eigenvalue weighted by Crippen LogP contribution is 2.33. The molecule has 0 saturated carbocycles. The number of hydrogen-bond donors (Lipinski definition) is 1. The standard InChI is InChI=1S/C13H18N4O/c1-8-13-9(7-15-16-8)5-12(18-13)11-6-10(14)3-4-17(11)2/h5,7,10-11H,3-4,6,14H2,1-2H3. The highest BCUT2D eigenvalue weighted by Gasteiger charge is 2.28. The average molecular weight is 246 g/mol. The Morgan fingerprint density at radius 2 is 2.33 bits per heavy atom. The zero-order chi connectivity index (χ0) is 12.7. The van der Waals surface area contributed by atoms with Crippen LogP contribution in [0.15, 0.2) is 16.7 Å². The highest BCUT2D eigenvalue weighted by atomic mass is 16.3. The second-order valence-corrected chi connectivity index (χ2v) is 5.14. The van der Waals surface area contributed by atoms with Crippen molar-refractivity contribution in [3.8, 4) is 0 Å². The van der Waals surface area contributed by atoms with Gasteiger partial charge in [0.25, 0.3) is 0 Å². The van der Waals surface area contributed by atoms with Crippen molar-refractivity contribution < 1.29 is 4.42 Å². The molecule has 1 aliphatic rings. The summed E-state index contributed by atoms with van der Waals surface area (Å²) in [5.74, 6) is 0.973. The molecule has 96 valence electrons. The van der Waals surface area contributed by atoms with Gasteiger partial charge in [-0.2, -0.15) is 10.2 Å². The lowest BCUT2D eigenvalue weighted by Crippen LogP contribution is -2.39. The molecule has 2 atom stereocenters. The van der Waals surface area contributed by atoms with Gasteiger partial charge in [0.05, 0.1) is 12.2 Å². The zero-order valence-corrected chi connectivity index (χ0v) is 10.8. The average Bonchev–Trinajstić information content (AvgIpc) is 2.77. The van der Waals surface area contributed by atoms with Crippen molar-refractivity contribution in [2.45, 2.75) is 31.8 Å². The Hall–Kier alpha value is -1.46. The minimum Gasteiger partial charge on any atom is -0.457 e. The molecule has 18 heavy (non-hydrogen) atoms. The molecular formula is C13H18N4O. The largest absolute Gasteiger partial charge is 0.457 e. The maximum Gasteiger partial charge on any atom is 0.158 e. The molecule has 5 nitrogen and oxygen atoms in total. The Labute approximate surface area is 106 Å². The lowest BCUT2D eigenvalue weighted by atomic mass is 9.97. The molecule has 0 spiro atoms. The second-order valence-electron chi connectivity index (χ2n) is 5.14. The molecule has 0 amide bonds. The fourth-order valence-electron chi connectivity index (χ4n) is 2.63. The summed E-state index contributed by atoms with van der Waals surface area (Å²) in [6.45, 7) is 2.93. The van der Waals surface area contributed by atoms with Gasteiger partial charge in [-0.25, -0.2) is 0 Å². The zero-order valence-electron chi connectivity index (χ0n) is 10.8. The van der Waals surface area contributed by atoms with Crippen molar-refractivity contribution in [2.75, 3.05) is 13.6 Å². The van der Waals surface area contributed by atoms with Crippen LogP contribution in [0, 0.1) is 6.92 Å². The third-order valence-corrected chi connectivity index (χ3v) is 3.75. The van der Waals surface area contributed by atoms with Crippen LogP contribution in [-0.4, -0.2) is 34.7 Å². The number of piperidine rings is 1. The summed E-state index contributed by atoms with van der Waals surface area (Å²) in [4.78, 5) is 2.30. The molecule has 2 aromatic rings. The van der Waals surface area contributed by atoms with E-state index in [1.807, 2.05) is 6.92 Å². The fourth-order valence-corrected chi connectivity index (χ4v) is 2.63. The number of fused-ring (bicyclic) bond motifs is 1. The number of likely N-dealkylation sites (tertiary alicyclic amines) is 1. The first-order chi connectivity index (χ1) is 8.65. The molecule has 2 N–H and O–H groups in total. The van der Waals surface area contributed by atoms with E-state index in [9.17, 15) is 0 Å². The van der Waals surface area contributed by atoms with Gasteiger partial charge in [0, 0.05) is 18.0 Å². The predicted molar refractivity (Wildman–Crippen MR) is 69.1 cm³/mol. The summed E-state index contributed by atoms with van der Waals surface area (Å²) in [6.07, 6.45) is 3.74. The summed E-state index contributed by atoms with van der Waals surface area (Å²) < 4.78 is 5.96. The highest BCUT2D eigenvalue weighted by molar-refractivity contribution is 5.78. The number of aryl methyl sites for hydroxylation is 1. The van der Waals surface area contributed by atoms with Crippen molar-refractivity contribution in [1.29, 1.82) is 0 Å². The van der Waals surface area contributed by atoms with Gasteiger partial charge in [-0.1, -0.05) is 0 Å². The third-order valence-electron chi connectivity index (χ3n) is 3.75. The van der Waals surface area contributed by atoms with Crippen LogP contribution in [-0.2, 0) is 0 Å². The molecule has 2 unspecified atom stereocenters. The van der Waals surface area contributed by atoms with Crippen molar-refractivity contribution in [3.05, 3.63) is 23.7 Å². The number of aromatic nitrogens is 2. The van der Waals surface area contributed by atoms with Gasteiger partial charge < -0.3 is 10.2 Å². The van der Waals surface area contributed by atoms with Crippen LogP contribution in [0.5, 0.6) is 0 Å². The first kappa shape index (κ1) is 11.6. The van der Waals surface area contributed by atoms with Gasteiger partial charge in [0.15, 0.2) is 5.58 Å². The Bertz CT molecular complexity index is 565. The first-order valence-electron chi connectivity index (χ1n) is 6.32. The molecule has 0 aromatic carbocycles. The van der Waals surface area contributed by atoms with E-state index in [0.717, 1.165) is 41.8 Å². The number of nitrogens with zero attached hydrogens (tertiary/aromatic N) is 3. The van der Waals surface area contributed by atoms with Gasteiger partial charge in [0.2, 0.25) is 0 Å². The van der Waals surface area contributed by atoms with Crippen LogP contribution >= 0.6 is 0 Å². The van der Waals surface area contributed by atoms with E-state index >= 15 is 0 Å². The predicted octanol–water partition coefficient (Wildman–Crippen LogP) is 1.63. The third kappa shape index (κ3) is 1.89. The summed E-state index contributed by atoms with van der Waals surface area (Å²) in [7, 11) is 2.12. The molecule has 3 heterocycles. The van der Waals surface area contributed by atoms with Crippen LogP contribution in [0.3, 0.4) is 0 Å². The van der Waals surface area contributed by atoms with Gasteiger partial charge >= 0.3 is 0 Å². The first-order valence-corrected chi connectivity index (χ1v) is 6.32. The van der Waals surface area contributed by atoms with Crippen molar-refractivity contribution >= 4 is 11.0 Å². The maximum absolute atomic E-state index is 6.06. The van der Waals surface area contributed by atoms with E-state index < -0.39 is 0 Å². The number of rotatable bonds is 1. The van der Waals surface area contributed by atoms with Crippen LogP contribution in [0.25, 0.3) is 11.0 Å². The number of nitrogens with two attached hydrogens (primary N) is 1. The van der Waals surface area contributed by atoms with Crippen molar-refractivity contribution in [1.82, 2.24) is 15.1 Å². The summed E-state index contributed by atoms with van der Waals surface area (Å²) in [6, 6.07) is 2.59. The van der Waals surface area contributed by atoms with Gasteiger partial charge in [-0.05, 0) is 32.9 Å². The van der Waals surface area contributed by atoms with Crippen molar-refractivity contribution in [3.63, 3.8) is 0 Å². The van der Waals surface area contributed by atoms with Gasteiger partial charge in [-0.15, -0.1) is 0 Å². The topological polar surface area (TPSA) is 68.2 Å². The Balaban J connectivity index is 2.00. The molecule has 1 fully saturated rings. The summed E-state index contributed by atoms with van der Waals surface area (Å²) in [5, 5.41) is 8.99. The molecule has 1 saturated heterocycles. The minimum absolute atomic E-state index is 0.261. The molecule has 3 rings (SSSR count). The summed E-state index contributed by atoms with van der Waals surface area (Å²) in [5.41, 5.74) is 7.73. The number of hydrogen-bond acceptors (Lipinski definition) is 5. The SMILES string of the molecule is Cc1nncc2cc(C3CC(N)CCN3C)oc12. The molecule has 0 bridgehead atoms. The van der Waals surface area contributed by atoms with E-state index in [-0.39, 0.29) is 12.1 Å². The molecule has 1 aliphatic heterocycles. The maximum atomic E-state index is 6.06. The second kappa shape index (κ2) is 4.33. The smallest absolute Gasteiger partial charge is 0.158 e. The fraction of sp³-hybridized carbons (Fsp3) is 0.538. The molecule has 5 heteroatoms. The van der Waals surface area contributed by atoms with E-state index in [4.69, 9.17) is 10.2 Å². The lowest BCUT2D eigenvalue weighted by molar-refractivity contribution is 0.152. The molecule has 0 aliphatic carbocycles. The van der Waals surface area contributed by atoms with E-state index in [2.05, 4.69) is 28.2 Å². The monoisotopic (exact) mass is 246 g/mol. The van der Waals surface area contributed by atoms with Crippen LogP contribution < -0.4 is 5.73 Å². The van der Waals surface area contributed by atoms with Gasteiger partial charge in [-0.3, -0.25) is 4.90 Å². The normalized spacial score (nSPS) is 25.7. The Morgan fingerprint density at radius 1 is 1.50 bits per heavy atom. The minimum atomic E-state index is 0.261. The Kier molecular flexibility index (Phi) is 2.80.